The molecule has 1 fully saturated rings. The molecule has 1 saturated heterocycles. The van der Waals surface area contributed by atoms with Gasteiger partial charge in [-0.3, -0.25) is 5.14 Å². The van der Waals surface area contributed by atoms with E-state index in [4.69, 9.17) is 9.88 Å². The van der Waals surface area contributed by atoms with E-state index in [1.807, 2.05) is 6.92 Å². The summed E-state index contributed by atoms with van der Waals surface area (Å²) in [6, 6.07) is 0. The SMILES string of the molecule is CC1CC(S(N)=O)CCO1. The molecule has 1 rings (SSSR count). The largest absolute Gasteiger partial charge is 0.378 e. The van der Waals surface area contributed by atoms with Gasteiger partial charge in [0.25, 0.3) is 0 Å². The van der Waals surface area contributed by atoms with Crippen LogP contribution in [0.5, 0.6) is 0 Å². The Bertz CT molecular complexity index is 140. The maximum Gasteiger partial charge on any atom is 0.0921 e. The summed E-state index contributed by atoms with van der Waals surface area (Å²) in [5.74, 6) is 0. The second kappa shape index (κ2) is 3.46. The van der Waals surface area contributed by atoms with Crippen LogP contribution in [-0.4, -0.2) is 22.2 Å². The zero-order chi connectivity index (χ0) is 7.56. The summed E-state index contributed by atoms with van der Waals surface area (Å²) in [6.45, 7) is 2.69. The molecule has 0 bridgehead atoms. The number of rotatable bonds is 1. The molecule has 1 heterocycles. The lowest BCUT2D eigenvalue weighted by molar-refractivity contribution is 0.0307. The number of hydrogen-bond acceptors (Lipinski definition) is 2. The molecule has 0 aromatic heterocycles. The molecule has 1 aliphatic heterocycles. The van der Waals surface area contributed by atoms with Gasteiger partial charge in [0.1, 0.15) is 0 Å². The van der Waals surface area contributed by atoms with Crippen LogP contribution in [0.3, 0.4) is 0 Å². The first-order chi connectivity index (χ1) is 4.70. The lowest BCUT2D eigenvalue weighted by Crippen LogP contribution is -2.32. The van der Waals surface area contributed by atoms with Gasteiger partial charge in [0, 0.05) is 6.61 Å². The van der Waals surface area contributed by atoms with Gasteiger partial charge in [-0.2, -0.15) is 0 Å². The highest BCUT2D eigenvalue weighted by atomic mass is 32.2. The van der Waals surface area contributed by atoms with Crippen LogP contribution in [0.4, 0.5) is 0 Å². The fourth-order valence-electron chi connectivity index (χ4n) is 1.17. The molecule has 1 aliphatic rings. The Morgan fingerprint density at radius 2 is 2.40 bits per heavy atom. The van der Waals surface area contributed by atoms with E-state index in [1.54, 1.807) is 0 Å². The second-order valence-corrected chi connectivity index (χ2v) is 3.98. The highest BCUT2D eigenvalue weighted by Crippen LogP contribution is 2.16. The summed E-state index contributed by atoms with van der Waals surface area (Å²) in [5.41, 5.74) is 0. The molecule has 3 atom stereocenters. The maximum absolute atomic E-state index is 10.8. The van der Waals surface area contributed by atoms with E-state index in [0.717, 1.165) is 12.8 Å². The minimum Gasteiger partial charge on any atom is -0.378 e. The van der Waals surface area contributed by atoms with E-state index >= 15 is 0 Å². The minimum absolute atomic E-state index is 0.156. The number of ether oxygens (including phenoxy) is 1. The first-order valence-electron chi connectivity index (χ1n) is 3.46. The highest BCUT2D eigenvalue weighted by Gasteiger charge is 2.22. The second-order valence-electron chi connectivity index (χ2n) is 2.66. The first-order valence-corrected chi connectivity index (χ1v) is 4.74. The van der Waals surface area contributed by atoms with Crippen molar-refractivity contribution in [2.75, 3.05) is 6.61 Å². The molecule has 0 saturated carbocycles. The van der Waals surface area contributed by atoms with Crippen LogP contribution < -0.4 is 5.14 Å². The third-order valence-electron chi connectivity index (χ3n) is 1.77. The van der Waals surface area contributed by atoms with Crippen LogP contribution >= 0.6 is 0 Å². The molecular formula is C6H13NO2S. The van der Waals surface area contributed by atoms with Crippen molar-refractivity contribution in [3.05, 3.63) is 0 Å². The summed E-state index contributed by atoms with van der Waals surface area (Å²) in [6.07, 6.45) is 1.91. The summed E-state index contributed by atoms with van der Waals surface area (Å²) in [5, 5.41) is 5.40. The van der Waals surface area contributed by atoms with Gasteiger partial charge in [-0.15, -0.1) is 0 Å². The van der Waals surface area contributed by atoms with Gasteiger partial charge in [0.05, 0.1) is 22.3 Å². The van der Waals surface area contributed by atoms with Gasteiger partial charge in [0.2, 0.25) is 0 Å². The summed E-state index contributed by atoms with van der Waals surface area (Å²) in [4.78, 5) is 0. The lowest BCUT2D eigenvalue weighted by Gasteiger charge is -2.24. The van der Waals surface area contributed by atoms with Crippen molar-refractivity contribution in [2.24, 2.45) is 5.14 Å². The first kappa shape index (κ1) is 8.17. The summed E-state index contributed by atoms with van der Waals surface area (Å²) in [7, 11) is -1.15. The molecule has 2 N–H and O–H groups in total. The Kier molecular flexibility index (Phi) is 2.82. The average molecular weight is 163 g/mol. The Labute approximate surface area is 63.5 Å². The molecule has 4 heteroatoms. The average Bonchev–Trinajstić information content (AvgIpc) is 1.88. The highest BCUT2D eigenvalue weighted by molar-refractivity contribution is 7.83. The number of nitrogens with two attached hydrogens (primary N) is 1. The van der Waals surface area contributed by atoms with Crippen LogP contribution in [0.25, 0.3) is 0 Å². The van der Waals surface area contributed by atoms with Crippen molar-refractivity contribution in [1.29, 1.82) is 0 Å². The van der Waals surface area contributed by atoms with E-state index in [9.17, 15) is 4.21 Å². The lowest BCUT2D eigenvalue weighted by atomic mass is 10.1. The summed E-state index contributed by atoms with van der Waals surface area (Å²) < 4.78 is 16.0. The van der Waals surface area contributed by atoms with Crippen molar-refractivity contribution < 1.29 is 8.95 Å². The molecule has 0 spiro atoms. The predicted octanol–water partition coefficient (Wildman–Crippen LogP) is 0.176. The van der Waals surface area contributed by atoms with Crippen molar-refractivity contribution in [3.63, 3.8) is 0 Å². The van der Waals surface area contributed by atoms with Gasteiger partial charge < -0.3 is 4.74 Å². The van der Waals surface area contributed by atoms with Crippen LogP contribution in [0, 0.1) is 0 Å². The minimum atomic E-state index is -1.15. The third-order valence-corrected chi connectivity index (χ3v) is 2.85. The smallest absolute Gasteiger partial charge is 0.0921 e. The molecular weight excluding hydrogens is 150 g/mol. The molecule has 3 unspecified atom stereocenters. The van der Waals surface area contributed by atoms with Crippen LogP contribution in [0.2, 0.25) is 0 Å². The normalized spacial score (nSPS) is 37.4. The van der Waals surface area contributed by atoms with Crippen molar-refractivity contribution in [1.82, 2.24) is 0 Å². The zero-order valence-corrected chi connectivity index (χ0v) is 6.89. The van der Waals surface area contributed by atoms with Crippen molar-refractivity contribution >= 4 is 11.0 Å². The van der Waals surface area contributed by atoms with Crippen molar-refractivity contribution in [3.8, 4) is 0 Å². The van der Waals surface area contributed by atoms with Gasteiger partial charge >= 0.3 is 0 Å². The van der Waals surface area contributed by atoms with Crippen LogP contribution in [0.1, 0.15) is 19.8 Å². The maximum atomic E-state index is 10.8. The number of hydrogen-bond donors (Lipinski definition) is 1. The molecule has 0 radical (unpaired) electrons. The topological polar surface area (TPSA) is 52.3 Å². The monoisotopic (exact) mass is 163 g/mol. The Morgan fingerprint density at radius 3 is 2.80 bits per heavy atom. The van der Waals surface area contributed by atoms with Crippen LogP contribution in [-0.2, 0) is 15.7 Å². The fourth-order valence-corrected chi connectivity index (χ4v) is 1.96. The molecule has 10 heavy (non-hydrogen) atoms. The molecule has 60 valence electrons. The van der Waals surface area contributed by atoms with Gasteiger partial charge in [-0.05, 0) is 19.8 Å². The molecule has 0 amide bonds. The van der Waals surface area contributed by atoms with Gasteiger partial charge in [-0.25, -0.2) is 4.21 Å². The molecule has 3 nitrogen and oxygen atoms in total. The molecule has 0 aliphatic carbocycles. The quantitative estimate of drug-likeness (QED) is 0.599. The van der Waals surface area contributed by atoms with Gasteiger partial charge in [0.15, 0.2) is 0 Å². The van der Waals surface area contributed by atoms with E-state index in [1.165, 1.54) is 0 Å². The van der Waals surface area contributed by atoms with Gasteiger partial charge in [-0.1, -0.05) is 0 Å². The predicted molar refractivity (Wildman–Crippen MR) is 40.8 cm³/mol. The Morgan fingerprint density at radius 1 is 1.70 bits per heavy atom. The van der Waals surface area contributed by atoms with E-state index in [-0.39, 0.29) is 11.4 Å². The third kappa shape index (κ3) is 2.04. The standard InChI is InChI=1S/C6H13NO2S/c1-5-4-6(10(7)8)2-3-9-5/h5-6H,2-4,7H2,1H3. The Balaban J connectivity index is 2.39. The van der Waals surface area contributed by atoms with E-state index in [2.05, 4.69) is 0 Å². The summed E-state index contributed by atoms with van der Waals surface area (Å²) >= 11 is 0. The van der Waals surface area contributed by atoms with E-state index < -0.39 is 11.0 Å². The zero-order valence-electron chi connectivity index (χ0n) is 6.08. The fraction of sp³-hybridized carbons (Fsp3) is 1.00. The molecule has 0 aromatic rings. The molecule has 0 aromatic carbocycles. The van der Waals surface area contributed by atoms with Crippen LogP contribution in [0.15, 0.2) is 0 Å². The van der Waals surface area contributed by atoms with Crippen molar-refractivity contribution in [2.45, 2.75) is 31.1 Å². The Hall–Kier alpha value is 0.0700. The van der Waals surface area contributed by atoms with E-state index in [0.29, 0.717) is 6.61 Å².